The van der Waals surface area contributed by atoms with Gasteiger partial charge in [-0.05, 0) is 56.6 Å². The van der Waals surface area contributed by atoms with Crippen LogP contribution in [0, 0.1) is 5.41 Å². The number of anilines is 2. The van der Waals surface area contributed by atoms with Gasteiger partial charge in [0.15, 0.2) is 0 Å². The van der Waals surface area contributed by atoms with Crippen LogP contribution in [0.25, 0.3) is 0 Å². The van der Waals surface area contributed by atoms with Gasteiger partial charge in [0, 0.05) is 54.1 Å². The summed E-state index contributed by atoms with van der Waals surface area (Å²) in [7, 11) is 0. The van der Waals surface area contributed by atoms with Gasteiger partial charge in [-0.15, -0.1) is 0 Å². The van der Waals surface area contributed by atoms with Crippen LogP contribution in [0.1, 0.15) is 42.6 Å². The van der Waals surface area contributed by atoms with Crippen molar-refractivity contribution >= 4 is 40.4 Å². The molecule has 5 rings (SSSR count). The second kappa shape index (κ2) is 9.06. The Bertz CT molecular complexity index is 1200. The number of nitrogens with zero attached hydrogens (tertiary/aromatic N) is 3. The highest BCUT2D eigenvalue weighted by atomic mass is 35.5. The minimum atomic E-state index is -0.413. The van der Waals surface area contributed by atoms with Gasteiger partial charge in [0.05, 0.1) is 21.3 Å². The van der Waals surface area contributed by atoms with Gasteiger partial charge in [-0.25, -0.2) is 4.98 Å². The van der Waals surface area contributed by atoms with Crippen molar-refractivity contribution in [2.24, 2.45) is 0 Å². The van der Waals surface area contributed by atoms with Crippen molar-refractivity contribution in [1.82, 2.24) is 15.3 Å². The third-order valence-corrected chi connectivity index (χ3v) is 7.19. The maximum absolute atomic E-state index is 8.74. The average molecular weight is 497 g/mol. The summed E-state index contributed by atoms with van der Waals surface area (Å²) in [5, 5.41) is 13.2. The first-order chi connectivity index (χ1) is 16.3. The van der Waals surface area contributed by atoms with Gasteiger partial charge >= 0.3 is 0 Å². The summed E-state index contributed by atoms with van der Waals surface area (Å²) < 4.78 is 6.09. The number of nitrogens with one attached hydrogen (secondary N) is 2. The molecule has 2 aliphatic rings. The molecule has 0 radical (unpaired) electrons. The molecule has 2 aromatic heterocycles. The van der Waals surface area contributed by atoms with E-state index in [1.165, 1.54) is 25.2 Å². The van der Waals surface area contributed by atoms with Crippen molar-refractivity contribution in [3.05, 3.63) is 75.7 Å². The molecule has 34 heavy (non-hydrogen) atoms. The fraction of sp³-hybridized carbons (Fsp3) is 0.320. The predicted molar refractivity (Wildman–Crippen MR) is 137 cm³/mol. The Morgan fingerprint density at radius 3 is 2.59 bits per heavy atom. The minimum absolute atomic E-state index is 0.268. The van der Waals surface area contributed by atoms with E-state index in [-0.39, 0.29) is 11.3 Å². The molecule has 4 heterocycles. The van der Waals surface area contributed by atoms with E-state index in [9.17, 15) is 0 Å². The zero-order valence-electron chi connectivity index (χ0n) is 18.8. The highest BCUT2D eigenvalue weighted by Crippen LogP contribution is 2.34. The maximum Gasteiger partial charge on any atom is 0.128 e. The van der Waals surface area contributed by atoms with E-state index in [0.29, 0.717) is 38.2 Å². The highest BCUT2D eigenvalue weighted by molar-refractivity contribution is 6.35. The zero-order valence-corrected chi connectivity index (χ0v) is 20.3. The standard InChI is InChI=1S/C25H26Cl2N6O/c1-15(23-19(26)11-30-12-20(23)27)34-17-4-5-21(28)18(9-17)24(29)16-3-6-22(31-10-16)33-13-25(14-33)7-2-8-32-25/h3-6,9-12,15,29,32H,2,7-8,13-14,28H2,1H3/t15-/m1/s1. The van der Waals surface area contributed by atoms with Crippen LogP contribution in [-0.2, 0) is 0 Å². The van der Waals surface area contributed by atoms with E-state index >= 15 is 0 Å². The smallest absolute Gasteiger partial charge is 0.128 e. The molecule has 0 saturated carbocycles. The molecular formula is C25H26Cl2N6O. The number of nitrogens with two attached hydrogens (primary N) is 1. The first-order valence-corrected chi connectivity index (χ1v) is 12.0. The predicted octanol–water partition coefficient (Wildman–Crippen LogP) is 4.86. The lowest BCUT2D eigenvalue weighted by Gasteiger charge is -2.49. The molecule has 2 saturated heterocycles. The third kappa shape index (κ3) is 4.31. The molecule has 1 atom stereocenters. The summed E-state index contributed by atoms with van der Waals surface area (Å²) in [6.07, 6.45) is 6.85. The quantitative estimate of drug-likeness (QED) is 0.332. The Balaban J connectivity index is 1.31. The fourth-order valence-electron chi connectivity index (χ4n) is 4.76. The van der Waals surface area contributed by atoms with Crippen LogP contribution >= 0.6 is 23.2 Å². The van der Waals surface area contributed by atoms with E-state index in [2.05, 4.69) is 20.2 Å². The van der Waals surface area contributed by atoms with Gasteiger partial charge in [0.25, 0.3) is 0 Å². The molecular weight excluding hydrogens is 471 g/mol. The van der Waals surface area contributed by atoms with Crippen molar-refractivity contribution < 1.29 is 4.74 Å². The van der Waals surface area contributed by atoms with Gasteiger partial charge in [0.2, 0.25) is 0 Å². The van der Waals surface area contributed by atoms with Gasteiger partial charge in [-0.2, -0.15) is 0 Å². The SMILES string of the molecule is C[C@@H](Oc1ccc(N)c(C(=N)c2ccc(N3CC4(CCCN4)C3)nc2)c1)c1c(Cl)cncc1Cl. The molecule has 2 fully saturated rings. The normalized spacial score (nSPS) is 17.4. The van der Waals surface area contributed by atoms with E-state index in [1.807, 2.05) is 19.1 Å². The Labute approximate surface area is 208 Å². The summed E-state index contributed by atoms with van der Waals surface area (Å²) in [6.45, 7) is 4.92. The molecule has 4 N–H and O–H groups in total. The van der Waals surface area contributed by atoms with E-state index in [1.54, 1.807) is 24.4 Å². The highest BCUT2D eigenvalue weighted by Gasteiger charge is 2.45. The number of rotatable bonds is 6. The number of hydrogen-bond acceptors (Lipinski definition) is 7. The molecule has 9 heteroatoms. The maximum atomic E-state index is 8.74. The van der Waals surface area contributed by atoms with Crippen LogP contribution < -0.4 is 20.7 Å². The zero-order chi connectivity index (χ0) is 23.9. The summed E-state index contributed by atoms with van der Waals surface area (Å²) in [6, 6.07) is 9.15. The van der Waals surface area contributed by atoms with Crippen molar-refractivity contribution in [3.63, 3.8) is 0 Å². The van der Waals surface area contributed by atoms with Crippen molar-refractivity contribution in [2.45, 2.75) is 31.4 Å². The Morgan fingerprint density at radius 2 is 1.94 bits per heavy atom. The first kappa shape index (κ1) is 22.9. The molecule has 3 aromatic rings. The number of pyridine rings is 2. The van der Waals surface area contributed by atoms with E-state index in [0.717, 1.165) is 25.5 Å². The number of aromatic nitrogens is 2. The average Bonchev–Trinajstić information content (AvgIpc) is 3.29. The Morgan fingerprint density at radius 1 is 1.18 bits per heavy atom. The van der Waals surface area contributed by atoms with Crippen LogP contribution in [-0.4, -0.2) is 40.9 Å². The van der Waals surface area contributed by atoms with Crippen molar-refractivity contribution in [3.8, 4) is 5.75 Å². The van der Waals surface area contributed by atoms with E-state index in [4.69, 9.17) is 39.1 Å². The topological polar surface area (TPSA) is 100 Å². The monoisotopic (exact) mass is 496 g/mol. The molecule has 1 aromatic carbocycles. The summed E-state index contributed by atoms with van der Waals surface area (Å²) in [5.74, 6) is 1.49. The molecule has 0 aliphatic carbocycles. The third-order valence-electron chi connectivity index (χ3n) is 6.58. The van der Waals surface area contributed by atoms with Gasteiger partial charge < -0.3 is 20.7 Å². The van der Waals surface area contributed by atoms with Crippen LogP contribution in [0.3, 0.4) is 0 Å². The van der Waals surface area contributed by atoms with Crippen LogP contribution in [0.15, 0.2) is 48.9 Å². The van der Waals surface area contributed by atoms with Crippen LogP contribution in [0.5, 0.6) is 5.75 Å². The lowest BCUT2D eigenvalue weighted by molar-refractivity contribution is 0.227. The second-order valence-electron chi connectivity index (χ2n) is 8.97. The van der Waals surface area contributed by atoms with Crippen molar-refractivity contribution in [2.75, 3.05) is 30.3 Å². The molecule has 1 spiro atoms. The Hall–Kier alpha value is -2.87. The summed E-state index contributed by atoms with van der Waals surface area (Å²) in [5.41, 5.74) is 9.18. The number of benzene rings is 1. The van der Waals surface area contributed by atoms with Gasteiger partial charge in [0.1, 0.15) is 17.7 Å². The summed E-state index contributed by atoms with van der Waals surface area (Å²) in [4.78, 5) is 10.9. The van der Waals surface area contributed by atoms with E-state index < -0.39 is 6.10 Å². The second-order valence-corrected chi connectivity index (χ2v) is 9.79. The lowest BCUT2D eigenvalue weighted by Crippen LogP contribution is -2.67. The molecule has 0 unspecified atom stereocenters. The Kier molecular flexibility index (Phi) is 6.10. The number of nitrogen functional groups attached to an aromatic ring is 1. The lowest BCUT2D eigenvalue weighted by atomic mass is 9.88. The van der Waals surface area contributed by atoms with Crippen LogP contribution in [0.4, 0.5) is 11.5 Å². The molecule has 2 aliphatic heterocycles. The summed E-state index contributed by atoms with van der Waals surface area (Å²) >= 11 is 12.5. The number of halogens is 2. The van der Waals surface area contributed by atoms with Crippen molar-refractivity contribution in [1.29, 1.82) is 5.41 Å². The van der Waals surface area contributed by atoms with Gasteiger partial charge in [-0.1, -0.05) is 23.2 Å². The van der Waals surface area contributed by atoms with Crippen LogP contribution in [0.2, 0.25) is 10.0 Å². The molecule has 0 amide bonds. The molecule has 7 nitrogen and oxygen atoms in total. The molecule has 176 valence electrons. The minimum Gasteiger partial charge on any atom is -0.486 e. The van der Waals surface area contributed by atoms with Gasteiger partial charge in [-0.3, -0.25) is 10.4 Å². The largest absolute Gasteiger partial charge is 0.486 e. The number of ether oxygens (including phenoxy) is 1. The fourth-order valence-corrected chi connectivity index (χ4v) is 5.43. The first-order valence-electron chi connectivity index (χ1n) is 11.3. The number of hydrogen-bond donors (Lipinski definition) is 3. The molecule has 0 bridgehead atoms.